The average Bonchev–Trinajstić information content (AvgIpc) is 2.05. The van der Waals surface area contributed by atoms with Gasteiger partial charge < -0.3 is 5.11 Å². The summed E-state index contributed by atoms with van der Waals surface area (Å²) in [5.74, 6) is -2.10. The predicted molar refractivity (Wildman–Crippen MR) is 42.6 cm³/mol. The van der Waals surface area contributed by atoms with E-state index in [2.05, 4.69) is 0 Å². The molecule has 0 aromatic rings. The zero-order chi connectivity index (χ0) is 9.90. The summed E-state index contributed by atoms with van der Waals surface area (Å²) in [5.41, 5.74) is 0. The van der Waals surface area contributed by atoms with Crippen LogP contribution in [0.3, 0.4) is 0 Å². The van der Waals surface area contributed by atoms with Crippen LogP contribution in [0.25, 0.3) is 0 Å². The Morgan fingerprint density at radius 1 is 1.31 bits per heavy atom. The highest BCUT2D eigenvalue weighted by atomic mass is 19.3. The maximum atomic E-state index is 12.6. The Morgan fingerprint density at radius 2 is 1.85 bits per heavy atom. The van der Waals surface area contributed by atoms with Gasteiger partial charge in [-0.25, -0.2) is 10.1 Å². The molecule has 0 aliphatic heterocycles. The van der Waals surface area contributed by atoms with Crippen molar-refractivity contribution < 1.29 is 18.7 Å². The van der Waals surface area contributed by atoms with Crippen LogP contribution in [0.15, 0.2) is 0 Å². The van der Waals surface area contributed by atoms with Crippen molar-refractivity contribution in [1.82, 2.24) is 5.32 Å². The van der Waals surface area contributed by atoms with E-state index in [4.69, 9.17) is 5.11 Å². The van der Waals surface area contributed by atoms with Crippen molar-refractivity contribution >= 4 is 5.97 Å². The minimum absolute atomic E-state index is 0.347. The van der Waals surface area contributed by atoms with Crippen molar-refractivity contribution in [1.29, 1.82) is 0 Å². The first kappa shape index (κ1) is 10.4. The molecule has 0 aromatic carbocycles. The van der Waals surface area contributed by atoms with E-state index in [-0.39, 0.29) is 6.04 Å². The molecule has 0 unspecified atom stereocenters. The summed E-state index contributed by atoms with van der Waals surface area (Å²) in [4.78, 5) is 10.1. The van der Waals surface area contributed by atoms with Gasteiger partial charge in [0.05, 0.1) is 0 Å². The molecule has 0 amide bonds. The molecular formula is C8H13F2NO2. The van der Waals surface area contributed by atoms with Crippen LogP contribution in [0.1, 0.15) is 32.1 Å². The first-order valence-corrected chi connectivity index (χ1v) is 4.41. The Hall–Kier alpha value is -0.710. The molecule has 0 bridgehead atoms. The van der Waals surface area contributed by atoms with E-state index in [0.29, 0.717) is 12.8 Å². The van der Waals surface area contributed by atoms with Gasteiger partial charge in [0, 0.05) is 6.04 Å². The molecule has 5 heteroatoms. The maximum Gasteiger partial charge on any atom is 0.399 e. The number of hydrogen-bond donors (Lipinski definition) is 2. The lowest BCUT2D eigenvalue weighted by molar-refractivity contribution is -0.171. The normalized spacial score (nSPS) is 20.2. The van der Waals surface area contributed by atoms with Crippen molar-refractivity contribution in [2.24, 2.45) is 0 Å². The molecule has 1 aliphatic rings. The molecule has 3 nitrogen and oxygen atoms in total. The maximum absolute atomic E-state index is 12.6. The number of carbonyl (C=O) groups is 1. The number of hydrogen-bond acceptors (Lipinski definition) is 2. The Labute approximate surface area is 75.1 Å². The fraction of sp³-hybridized carbons (Fsp3) is 0.875. The topological polar surface area (TPSA) is 49.3 Å². The molecule has 1 fully saturated rings. The molecule has 0 aromatic heterocycles. The molecule has 76 valence electrons. The van der Waals surface area contributed by atoms with Crippen LogP contribution >= 0.6 is 0 Å². The third kappa shape index (κ3) is 2.91. The number of carboxylic acids is 1. The summed E-state index contributed by atoms with van der Waals surface area (Å²) in [7, 11) is 0. The monoisotopic (exact) mass is 193 g/mol. The first-order valence-electron chi connectivity index (χ1n) is 4.41. The molecule has 1 rings (SSSR count). The fourth-order valence-corrected chi connectivity index (χ4v) is 1.57. The SMILES string of the molecule is O=C(O)C(F)(F)NC1CCCCC1. The van der Waals surface area contributed by atoms with Crippen LogP contribution in [-0.4, -0.2) is 23.2 Å². The van der Waals surface area contributed by atoms with Crippen LogP contribution in [0.4, 0.5) is 8.78 Å². The second-order valence-electron chi connectivity index (χ2n) is 3.36. The van der Waals surface area contributed by atoms with Gasteiger partial charge in [-0.05, 0) is 12.8 Å². The van der Waals surface area contributed by atoms with Gasteiger partial charge in [0.1, 0.15) is 0 Å². The summed E-state index contributed by atoms with van der Waals surface area (Å²) in [6, 6.07) is -4.12. The molecule has 0 radical (unpaired) electrons. The molecule has 13 heavy (non-hydrogen) atoms. The van der Waals surface area contributed by atoms with E-state index >= 15 is 0 Å². The summed E-state index contributed by atoms with van der Waals surface area (Å²) in [5, 5.41) is 10.0. The highest BCUT2D eigenvalue weighted by molar-refractivity contribution is 5.74. The highest BCUT2D eigenvalue weighted by Crippen LogP contribution is 2.21. The standard InChI is InChI=1S/C8H13F2NO2/c9-8(10,7(12)13)11-6-4-2-1-3-5-6/h6,11H,1-5H2,(H,12,13). The predicted octanol–water partition coefficient (Wildman–Crippen LogP) is 1.59. The molecule has 1 saturated carbocycles. The minimum atomic E-state index is -3.78. The fourth-order valence-electron chi connectivity index (χ4n) is 1.57. The third-order valence-electron chi connectivity index (χ3n) is 2.26. The van der Waals surface area contributed by atoms with Crippen LogP contribution in [0, 0.1) is 0 Å². The zero-order valence-electron chi connectivity index (χ0n) is 7.22. The van der Waals surface area contributed by atoms with Crippen LogP contribution < -0.4 is 5.32 Å². The number of nitrogens with one attached hydrogen (secondary N) is 1. The van der Waals surface area contributed by atoms with Gasteiger partial charge in [-0.3, -0.25) is 0 Å². The van der Waals surface area contributed by atoms with Crippen molar-refractivity contribution in [3.8, 4) is 0 Å². The summed E-state index contributed by atoms with van der Waals surface area (Å²) in [6.45, 7) is 0. The smallest absolute Gasteiger partial charge is 0.399 e. The summed E-state index contributed by atoms with van der Waals surface area (Å²) < 4.78 is 25.2. The van der Waals surface area contributed by atoms with Crippen molar-refractivity contribution in [2.45, 2.75) is 44.2 Å². The summed E-state index contributed by atoms with van der Waals surface area (Å²) >= 11 is 0. The van der Waals surface area contributed by atoms with E-state index in [1.165, 1.54) is 0 Å². The second kappa shape index (κ2) is 4.00. The summed E-state index contributed by atoms with van der Waals surface area (Å²) in [6.07, 6.45) is 4.13. The molecule has 0 atom stereocenters. The van der Waals surface area contributed by atoms with E-state index in [0.717, 1.165) is 19.3 Å². The van der Waals surface area contributed by atoms with Gasteiger partial charge in [0.15, 0.2) is 0 Å². The molecule has 2 N–H and O–H groups in total. The van der Waals surface area contributed by atoms with E-state index in [9.17, 15) is 13.6 Å². The van der Waals surface area contributed by atoms with E-state index in [1.807, 2.05) is 5.32 Å². The number of halogens is 2. The Morgan fingerprint density at radius 3 is 2.31 bits per heavy atom. The van der Waals surface area contributed by atoms with Gasteiger partial charge in [-0.2, -0.15) is 8.78 Å². The van der Waals surface area contributed by atoms with Gasteiger partial charge >= 0.3 is 12.0 Å². The minimum Gasteiger partial charge on any atom is -0.476 e. The van der Waals surface area contributed by atoms with Crippen molar-refractivity contribution in [3.63, 3.8) is 0 Å². The van der Waals surface area contributed by atoms with E-state index in [1.54, 1.807) is 0 Å². The lowest BCUT2D eigenvalue weighted by atomic mass is 9.95. The van der Waals surface area contributed by atoms with Gasteiger partial charge in [0.25, 0.3) is 0 Å². The molecule has 0 spiro atoms. The second-order valence-corrected chi connectivity index (χ2v) is 3.36. The van der Waals surface area contributed by atoms with Crippen LogP contribution in [0.5, 0.6) is 0 Å². The lowest BCUT2D eigenvalue weighted by Gasteiger charge is -2.25. The molecule has 0 saturated heterocycles. The van der Waals surface area contributed by atoms with Gasteiger partial charge in [-0.15, -0.1) is 0 Å². The Kier molecular flexibility index (Phi) is 3.19. The number of alkyl halides is 2. The molecule has 1 aliphatic carbocycles. The Bertz CT molecular complexity index is 191. The average molecular weight is 193 g/mol. The van der Waals surface area contributed by atoms with Gasteiger partial charge in [0.2, 0.25) is 0 Å². The van der Waals surface area contributed by atoms with Crippen LogP contribution in [0.2, 0.25) is 0 Å². The van der Waals surface area contributed by atoms with Crippen LogP contribution in [-0.2, 0) is 4.79 Å². The number of carboxylic acid groups (broad SMARTS) is 1. The molecule has 0 heterocycles. The zero-order valence-corrected chi connectivity index (χ0v) is 7.22. The molecular weight excluding hydrogens is 180 g/mol. The highest BCUT2D eigenvalue weighted by Gasteiger charge is 2.40. The van der Waals surface area contributed by atoms with Crippen molar-refractivity contribution in [2.75, 3.05) is 0 Å². The number of rotatable bonds is 3. The van der Waals surface area contributed by atoms with Crippen molar-refractivity contribution in [3.05, 3.63) is 0 Å². The van der Waals surface area contributed by atoms with E-state index < -0.39 is 12.0 Å². The number of aliphatic carboxylic acids is 1. The Balaban J connectivity index is 2.41. The largest absolute Gasteiger partial charge is 0.476 e. The third-order valence-corrected chi connectivity index (χ3v) is 2.26. The van der Waals surface area contributed by atoms with Gasteiger partial charge in [-0.1, -0.05) is 19.3 Å². The quantitative estimate of drug-likeness (QED) is 0.669. The first-order chi connectivity index (χ1) is 6.02. The lowest BCUT2D eigenvalue weighted by Crippen LogP contribution is -2.49.